The molecule has 0 radical (unpaired) electrons. The normalized spacial score (nSPS) is 28.5. The predicted octanol–water partition coefficient (Wildman–Crippen LogP) is 3.34. The van der Waals surface area contributed by atoms with Crippen molar-refractivity contribution in [3.63, 3.8) is 0 Å². The summed E-state index contributed by atoms with van der Waals surface area (Å²) >= 11 is 0. The van der Waals surface area contributed by atoms with Crippen molar-refractivity contribution in [2.75, 3.05) is 0 Å². The number of rotatable bonds is 2. The monoisotopic (exact) mass is 280 g/mol. The molecule has 1 aromatic heterocycles. The number of pyridine rings is 1. The molecule has 0 saturated carbocycles. The van der Waals surface area contributed by atoms with Gasteiger partial charge < -0.3 is 5.32 Å². The lowest BCUT2D eigenvalue weighted by Crippen LogP contribution is -2.50. The number of para-hydroxylation sites is 1. The minimum atomic E-state index is 0.173. The third-order valence-electron chi connectivity index (χ3n) is 5.00. The summed E-state index contributed by atoms with van der Waals surface area (Å²) in [6.07, 6.45) is 7.49. The molecule has 2 atom stereocenters. The molecule has 21 heavy (non-hydrogen) atoms. The van der Waals surface area contributed by atoms with Crippen LogP contribution in [0.3, 0.4) is 0 Å². The molecule has 108 valence electrons. The van der Waals surface area contributed by atoms with Crippen LogP contribution in [-0.2, 0) is 0 Å². The van der Waals surface area contributed by atoms with Crippen molar-refractivity contribution in [3.8, 4) is 0 Å². The Balaban J connectivity index is 1.67. The molecule has 2 fully saturated rings. The minimum Gasteiger partial charge on any atom is -0.311 e. The van der Waals surface area contributed by atoms with Crippen molar-refractivity contribution in [2.24, 2.45) is 5.92 Å². The highest BCUT2D eigenvalue weighted by Crippen LogP contribution is 2.32. The first-order valence-electron chi connectivity index (χ1n) is 7.95. The van der Waals surface area contributed by atoms with Crippen LogP contribution in [0, 0.1) is 5.92 Å². The Morgan fingerprint density at radius 2 is 1.86 bits per heavy atom. The lowest BCUT2D eigenvalue weighted by Gasteiger charge is -2.39. The molecular formula is C18H20N2O. The third-order valence-corrected chi connectivity index (χ3v) is 5.00. The van der Waals surface area contributed by atoms with E-state index in [1.54, 1.807) is 6.20 Å². The summed E-state index contributed by atoms with van der Waals surface area (Å²) in [4.78, 5) is 17.4. The highest BCUT2D eigenvalue weighted by Gasteiger charge is 2.35. The fraction of sp³-hybridized carbons (Fsp3) is 0.444. The lowest BCUT2D eigenvalue weighted by atomic mass is 9.77. The smallest absolute Gasteiger partial charge is 0.166 e. The standard InChI is InChI=1S/C18H20N2O/c21-18(12-10-13-4-3-5-14(11-12)20-13)16-8-9-19-17-7-2-1-6-15(16)17/h1-2,6-9,12-14,20H,3-5,10-11H2. The molecule has 0 amide bonds. The van der Waals surface area contributed by atoms with Gasteiger partial charge in [0, 0.05) is 35.1 Å². The molecule has 3 heteroatoms. The number of piperidine rings is 2. The Labute approximate surface area is 124 Å². The van der Waals surface area contributed by atoms with Gasteiger partial charge in [0.1, 0.15) is 0 Å². The molecule has 1 N–H and O–H groups in total. The van der Waals surface area contributed by atoms with E-state index in [-0.39, 0.29) is 5.92 Å². The molecule has 2 unspecified atom stereocenters. The second kappa shape index (κ2) is 5.23. The Kier molecular flexibility index (Phi) is 3.23. The van der Waals surface area contributed by atoms with Crippen molar-refractivity contribution >= 4 is 16.7 Å². The zero-order valence-corrected chi connectivity index (χ0v) is 12.1. The molecule has 4 rings (SSSR count). The Bertz CT molecular complexity index is 664. The van der Waals surface area contributed by atoms with Crippen LogP contribution in [0.5, 0.6) is 0 Å². The quantitative estimate of drug-likeness (QED) is 0.858. The van der Waals surface area contributed by atoms with E-state index in [4.69, 9.17) is 0 Å². The number of carbonyl (C=O) groups excluding carboxylic acids is 1. The van der Waals surface area contributed by atoms with Gasteiger partial charge in [-0.3, -0.25) is 9.78 Å². The highest BCUT2D eigenvalue weighted by atomic mass is 16.1. The molecule has 3 nitrogen and oxygen atoms in total. The molecule has 0 aliphatic carbocycles. The summed E-state index contributed by atoms with van der Waals surface area (Å²) in [6, 6.07) is 10.9. The van der Waals surface area contributed by atoms with Crippen LogP contribution >= 0.6 is 0 Å². The van der Waals surface area contributed by atoms with Gasteiger partial charge in [-0.2, -0.15) is 0 Å². The average Bonchev–Trinajstić information content (AvgIpc) is 2.53. The average molecular weight is 280 g/mol. The van der Waals surface area contributed by atoms with Gasteiger partial charge in [-0.05, 0) is 37.8 Å². The largest absolute Gasteiger partial charge is 0.311 e. The fourth-order valence-electron chi connectivity index (χ4n) is 4.01. The number of benzene rings is 1. The Morgan fingerprint density at radius 1 is 1.10 bits per heavy atom. The number of hydrogen-bond acceptors (Lipinski definition) is 3. The van der Waals surface area contributed by atoms with Crippen LogP contribution in [0.4, 0.5) is 0 Å². The van der Waals surface area contributed by atoms with Crippen molar-refractivity contribution in [1.29, 1.82) is 0 Å². The van der Waals surface area contributed by atoms with Gasteiger partial charge in [0.25, 0.3) is 0 Å². The van der Waals surface area contributed by atoms with E-state index in [0.29, 0.717) is 17.9 Å². The zero-order valence-electron chi connectivity index (χ0n) is 12.1. The number of fused-ring (bicyclic) bond motifs is 3. The summed E-state index contributed by atoms with van der Waals surface area (Å²) in [5, 5.41) is 4.66. The maximum absolute atomic E-state index is 13.0. The van der Waals surface area contributed by atoms with Gasteiger partial charge in [-0.15, -0.1) is 0 Å². The number of Topliss-reactive ketones (excluding diaryl/α,β-unsaturated/α-hetero) is 1. The van der Waals surface area contributed by atoms with E-state index in [1.165, 1.54) is 19.3 Å². The Hall–Kier alpha value is -1.74. The van der Waals surface area contributed by atoms with E-state index < -0.39 is 0 Å². The van der Waals surface area contributed by atoms with Crippen LogP contribution in [0.2, 0.25) is 0 Å². The molecular weight excluding hydrogens is 260 g/mol. The van der Waals surface area contributed by atoms with Crippen molar-refractivity contribution in [1.82, 2.24) is 10.3 Å². The number of hydrogen-bond donors (Lipinski definition) is 1. The predicted molar refractivity (Wildman–Crippen MR) is 83.4 cm³/mol. The zero-order chi connectivity index (χ0) is 14.2. The minimum absolute atomic E-state index is 0.173. The van der Waals surface area contributed by atoms with Crippen molar-refractivity contribution < 1.29 is 4.79 Å². The van der Waals surface area contributed by atoms with Crippen molar-refractivity contribution in [2.45, 2.75) is 44.2 Å². The van der Waals surface area contributed by atoms with Gasteiger partial charge in [0.05, 0.1) is 5.52 Å². The number of nitrogens with zero attached hydrogens (tertiary/aromatic N) is 1. The summed E-state index contributed by atoms with van der Waals surface area (Å²) in [5.41, 5.74) is 1.77. The first-order chi connectivity index (χ1) is 10.3. The first kappa shape index (κ1) is 13.0. The van der Waals surface area contributed by atoms with Crippen LogP contribution in [-0.4, -0.2) is 22.9 Å². The van der Waals surface area contributed by atoms with Gasteiger partial charge in [0.15, 0.2) is 5.78 Å². The molecule has 0 spiro atoms. The summed E-state index contributed by atoms with van der Waals surface area (Å²) < 4.78 is 0. The van der Waals surface area contributed by atoms with Gasteiger partial charge in [-0.25, -0.2) is 0 Å². The van der Waals surface area contributed by atoms with Crippen LogP contribution in [0.15, 0.2) is 36.5 Å². The highest BCUT2D eigenvalue weighted by molar-refractivity contribution is 6.08. The number of aromatic nitrogens is 1. The third kappa shape index (κ3) is 2.36. The summed E-state index contributed by atoms with van der Waals surface area (Å²) in [6.45, 7) is 0. The second-order valence-corrected chi connectivity index (χ2v) is 6.40. The summed E-state index contributed by atoms with van der Waals surface area (Å²) in [5.74, 6) is 0.486. The summed E-state index contributed by atoms with van der Waals surface area (Å²) in [7, 11) is 0. The lowest BCUT2D eigenvalue weighted by molar-refractivity contribution is 0.0827. The molecule has 3 heterocycles. The van der Waals surface area contributed by atoms with E-state index in [1.807, 2.05) is 30.3 Å². The number of ketones is 1. The van der Waals surface area contributed by atoms with E-state index in [2.05, 4.69) is 10.3 Å². The molecule has 1 aromatic carbocycles. The van der Waals surface area contributed by atoms with Gasteiger partial charge in [0.2, 0.25) is 0 Å². The molecule has 2 aliphatic rings. The fourth-order valence-corrected chi connectivity index (χ4v) is 4.01. The van der Waals surface area contributed by atoms with E-state index >= 15 is 0 Å². The second-order valence-electron chi connectivity index (χ2n) is 6.40. The SMILES string of the molecule is O=C(c1ccnc2ccccc12)C1CC2CCCC(C1)N2. The Morgan fingerprint density at radius 3 is 2.67 bits per heavy atom. The maximum Gasteiger partial charge on any atom is 0.166 e. The van der Waals surface area contributed by atoms with Crippen LogP contribution in [0.25, 0.3) is 10.9 Å². The maximum atomic E-state index is 13.0. The molecule has 2 aliphatic heterocycles. The number of carbonyl (C=O) groups is 1. The van der Waals surface area contributed by atoms with Crippen LogP contribution in [0.1, 0.15) is 42.5 Å². The molecule has 2 aromatic rings. The van der Waals surface area contributed by atoms with E-state index in [0.717, 1.165) is 29.3 Å². The number of nitrogens with one attached hydrogen (secondary N) is 1. The van der Waals surface area contributed by atoms with Crippen molar-refractivity contribution in [3.05, 3.63) is 42.1 Å². The van der Waals surface area contributed by atoms with Gasteiger partial charge in [-0.1, -0.05) is 24.6 Å². The molecule has 2 saturated heterocycles. The van der Waals surface area contributed by atoms with E-state index in [9.17, 15) is 4.79 Å². The van der Waals surface area contributed by atoms with Crippen LogP contribution < -0.4 is 5.32 Å². The van der Waals surface area contributed by atoms with Gasteiger partial charge >= 0.3 is 0 Å². The molecule has 2 bridgehead atoms. The topological polar surface area (TPSA) is 42.0 Å². The first-order valence-corrected chi connectivity index (χ1v) is 7.95.